The first-order valence-electron chi connectivity index (χ1n) is 3.56. The van der Waals surface area contributed by atoms with Gasteiger partial charge in [-0.1, -0.05) is 0 Å². The van der Waals surface area contributed by atoms with Gasteiger partial charge in [0, 0.05) is 12.3 Å². The summed E-state index contributed by atoms with van der Waals surface area (Å²) in [4.78, 5) is 7.40. The second-order valence-corrected chi connectivity index (χ2v) is 4.90. The Morgan fingerprint density at radius 2 is 2.14 bits per heavy atom. The lowest BCUT2D eigenvalue weighted by Gasteiger charge is -1.99. The van der Waals surface area contributed by atoms with E-state index < -0.39 is 9.84 Å². The van der Waals surface area contributed by atoms with E-state index in [1.54, 1.807) is 6.07 Å². The van der Waals surface area contributed by atoms with Gasteiger partial charge < -0.3 is 0 Å². The monoisotopic (exact) mass is 232 g/mol. The topological polar surface area (TPSA) is 77.2 Å². The Kier molecular flexibility index (Phi) is 1.93. The lowest BCUT2D eigenvalue weighted by Crippen LogP contribution is -2.07. The van der Waals surface area contributed by atoms with Crippen molar-refractivity contribution in [3.05, 3.63) is 17.5 Å². The van der Waals surface area contributed by atoms with Crippen LogP contribution in [0.3, 0.4) is 0 Å². The van der Waals surface area contributed by atoms with Crippen molar-refractivity contribution >= 4 is 27.1 Å². The Morgan fingerprint density at radius 1 is 1.43 bits per heavy atom. The molecule has 0 aromatic carbocycles. The fourth-order valence-corrected chi connectivity index (χ4v) is 1.71. The van der Waals surface area contributed by atoms with E-state index in [0.29, 0.717) is 5.65 Å². The largest absolute Gasteiger partial charge is 0.251 e. The summed E-state index contributed by atoms with van der Waals surface area (Å²) in [6.07, 6.45) is 2.48. The molecule has 0 saturated heterocycles. The highest BCUT2D eigenvalue weighted by molar-refractivity contribution is 7.90. The molecule has 0 amide bonds. The maximum Gasteiger partial charge on any atom is 0.251 e. The van der Waals surface area contributed by atoms with Crippen molar-refractivity contribution < 1.29 is 8.42 Å². The molecule has 0 N–H and O–H groups in total. The summed E-state index contributed by atoms with van der Waals surface area (Å²) in [7, 11) is -3.44. The van der Waals surface area contributed by atoms with Gasteiger partial charge >= 0.3 is 0 Å². The molecule has 14 heavy (non-hydrogen) atoms. The van der Waals surface area contributed by atoms with Crippen molar-refractivity contribution in [3.8, 4) is 0 Å². The van der Waals surface area contributed by atoms with E-state index in [-0.39, 0.29) is 10.4 Å². The van der Waals surface area contributed by atoms with Crippen LogP contribution in [0.4, 0.5) is 0 Å². The van der Waals surface area contributed by atoms with Crippen LogP contribution in [0, 0.1) is 0 Å². The van der Waals surface area contributed by atoms with Crippen molar-refractivity contribution in [1.82, 2.24) is 19.6 Å². The Balaban J connectivity index is 2.83. The molecule has 74 valence electrons. The lowest BCUT2D eigenvalue weighted by molar-refractivity contribution is 0.591. The van der Waals surface area contributed by atoms with Crippen LogP contribution in [0.25, 0.3) is 5.65 Å². The Morgan fingerprint density at radius 3 is 2.79 bits per heavy atom. The molecular weight excluding hydrogens is 228 g/mol. The van der Waals surface area contributed by atoms with E-state index >= 15 is 0 Å². The third-order valence-corrected chi connectivity index (χ3v) is 2.62. The smallest absolute Gasteiger partial charge is 0.221 e. The third kappa shape index (κ3) is 1.44. The highest BCUT2D eigenvalue weighted by Crippen LogP contribution is 2.10. The molecule has 2 aromatic heterocycles. The van der Waals surface area contributed by atoms with Crippen LogP contribution in [-0.4, -0.2) is 34.3 Å². The van der Waals surface area contributed by atoms with Crippen molar-refractivity contribution in [2.75, 3.05) is 6.26 Å². The van der Waals surface area contributed by atoms with Gasteiger partial charge in [0.25, 0.3) is 5.16 Å². The highest BCUT2D eigenvalue weighted by Gasteiger charge is 2.14. The maximum atomic E-state index is 11.1. The molecule has 0 unspecified atom stereocenters. The first kappa shape index (κ1) is 9.35. The van der Waals surface area contributed by atoms with Crippen LogP contribution in [-0.2, 0) is 9.84 Å². The fraction of sp³-hybridized carbons (Fsp3) is 0.167. The van der Waals surface area contributed by atoms with Gasteiger partial charge in [0.1, 0.15) is 0 Å². The predicted molar refractivity (Wildman–Crippen MR) is 48.9 cm³/mol. The minimum absolute atomic E-state index is 0.0274. The molecule has 2 heterocycles. The van der Waals surface area contributed by atoms with E-state index in [0.717, 1.165) is 6.26 Å². The van der Waals surface area contributed by atoms with Crippen molar-refractivity contribution in [2.45, 2.75) is 5.16 Å². The molecular formula is C6H5ClN4O2S. The summed E-state index contributed by atoms with van der Waals surface area (Å²) < 4.78 is 23.5. The zero-order valence-electron chi connectivity index (χ0n) is 7.05. The number of hydrogen-bond donors (Lipinski definition) is 0. The zero-order valence-corrected chi connectivity index (χ0v) is 8.62. The molecule has 2 rings (SSSR count). The quantitative estimate of drug-likeness (QED) is 0.701. The maximum absolute atomic E-state index is 11.1. The van der Waals surface area contributed by atoms with Crippen molar-refractivity contribution in [3.63, 3.8) is 0 Å². The molecule has 0 fully saturated rings. The van der Waals surface area contributed by atoms with Gasteiger partial charge in [0.05, 0.1) is 6.20 Å². The molecule has 0 aliphatic heterocycles. The minimum Gasteiger partial charge on any atom is -0.221 e. The Labute approximate surface area is 84.5 Å². The molecule has 0 aliphatic rings. The number of aromatic nitrogens is 4. The number of nitrogens with zero attached hydrogens (tertiary/aromatic N) is 4. The first-order valence-corrected chi connectivity index (χ1v) is 5.83. The van der Waals surface area contributed by atoms with Crippen LogP contribution in [0.5, 0.6) is 0 Å². The van der Waals surface area contributed by atoms with Gasteiger partial charge in [0.15, 0.2) is 5.65 Å². The normalized spacial score (nSPS) is 12.1. The van der Waals surface area contributed by atoms with Gasteiger partial charge in [-0.3, -0.25) is 0 Å². The summed E-state index contributed by atoms with van der Waals surface area (Å²) in [5, 5.41) is 3.48. The van der Waals surface area contributed by atoms with Crippen LogP contribution < -0.4 is 0 Å². The predicted octanol–water partition coefficient (Wildman–Crippen LogP) is 0.181. The SMILES string of the molecule is CS(=O)(=O)c1nc(Cl)n2nccc2n1. The van der Waals surface area contributed by atoms with Gasteiger partial charge in [-0.05, 0) is 11.6 Å². The van der Waals surface area contributed by atoms with E-state index in [1.165, 1.54) is 10.7 Å². The summed E-state index contributed by atoms with van der Waals surface area (Å²) in [6, 6.07) is 1.54. The number of hydrogen-bond acceptors (Lipinski definition) is 5. The first-order chi connectivity index (χ1) is 6.48. The average Bonchev–Trinajstić information content (AvgIpc) is 2.50. The minimum atomic E-state index is -3.44. The molecule has 0 spiro atoms. The van der Waals surface area contributed by atoms with E-state index in [1.807, 2.05) is 0 Å². The zero-order chi connectivity index (χ0) is 10.3. The van der Waals surface area contributed by atoms with Gasteiger partial charge in [0.2, 0.25) is 15.1 Å². The van der Waals surface area contributed by atoms with Gasteiger partial charge in [-0.25, -0.2) is 8.42 Å². The number of sulfone groups is 1. The summed E-state index contributed by atoms with van der Waals surface area (Å²) >= 11 is 5.69. The number of fused-ring (bicyclic) bond motifs is 1. The van der Waals surface area contributed by atoms with Crippen LogP contribution in [0.15, 0.2) is 17.4 Å². The summed E-state index contributed by atoms with van der Waals surface area (Å²) in [5.41, 5.74) is 0.352. The Bertz CT molecular complexity index is 591. The van der Waals surface area contributed by atoms with E-state index in [9.17, 15) is 8.42 Å². The van der Waals surface area contributed by atoms with Crippen molar-refractivity contribution in [1.29, 1.82) is 0 Å². The molecule has 0 radical (unpaired) electrons. The second-order valence-electron chi connectivity index (χ2n) is 2.65. The molecule has 2 aromatic rings. The van der Waals surface area contributed by atoms with Crippen LogP contribution >= 0.6 is 11.6 Å². The fourth-order valence-electron chi connectivity index (χ4n) is 0.938. The number of rotatable bonds is 1. The Hall–Kier alpha value is -1.21. The molecule has 6 nitrogen and oxygen atoms in total. The van der Waals surface area contributed by atoms with E-state index in [2.05, 4.69) is 15.1 Å². The summed E-state index contributed by atoms with van der Waals surface area (Å²) in [5.74, 6) is 0. The van der Waals surface area contributed by atoms with Crippen LogP contribution in [0.2, 0.25) is 5.28 Å². The average molecular weight is 233 g/mol. The molecule has 0 atom stereocenters. The lowest BCUT2D eigenvalue weighted by atomic mass is 10.7. The van der Waals surface area contributed by atoms with Crippen molar-refractivity contribution in [2.24, 2.45) is 0 Å². The third-order valence-electron chi connectivity index (χ3n) is 1.53. The summed E-state index contributed by atoms with van der Waals surface area (Å²) in [6.45, 7) is 0. The number of halogens is 1. The second kappa shape index (κ2) is 2.89. The molecule has 0 bridgehead atoms. The molecule has 0 aliphatic carbocycles. The van der Waals surface area contributed by atoms with Gasteiger partial charge in [-0.2, -0.15) is 19.6 Å². The molecule has 0 saturated carbocycles. The standard InChI is InChI=1S/C6H5ClN4O2S/c1-14(12,13)6-9-4-2-3-8-11(4)5(7)10-6/h2-3H,1H3. The van der Waals surface area contributed by atoms with Crippen LogP contribution in [0.1, 0.15) is 0 Å². The molecule has 8 heteroatoms. The highest BCUT2D eigenvalue weighted by atomic mass is 35.5. The van der Waals surface area contributed by atoms with E-state index in [4.69, 9.17) is 11.6 Å². The van der Waals surface area contributed by atoms with Gasteiger partial charge in [-0.15, -0.1) is 0 Å².